The van der Waals surface area contributed by atoms with Gasteiger partial charge in [0, 0.05) is 12.6 Å². The molecule has 0 saturated heterocycles. The van der Waals surface area contributed by atoms with Gasteiger partial charge >= 0.3 is 0 Å². The molecule has 0 aliphatic carbocycles. The number of nitrogens with zero attached hydrogens (tertiary/aromatic N) is 1. The first kappa shape index (κ1) is 14.8. The van der Waals surface area contributed by atoms with E-state index in [2.05, 4.69) is 0 Å². The van der Waals surface area contributed by atoms with Gasteiger partial charge in [-0.3, -0.25) is 9.45 Å². The van der Waals surface area contributed by atoms with Crippen molar-refractivity contribution in [2.45, 2.75) is 25.8 Å². The van der Waals surface area contributed by atoms with Gasteiger partial charge in [-0.05, 0) is 12.8 Å². The second-order valence-electron chi connectivity index (χ2n) is 3.34. The Hall–Kier alpha value is -0.210. The monoisotopic (exact) mass is 241 g/mol. The van der Waals surface area contributed by atoms with Gasteiger partial charge < -0.3 is 10.2 Å². The van der Waals surface area contributed by atoms with Gasteiger partial charge in [0.25, 0.3) is 10.1 Å². The average molecular weight is 241 g/mol. The molecule has 0 radical (unpaired) electrons. The fourth-order valence-electron chi connectivity index (χ4n) is 1.32. The van der Waals surface area contributed by atoms with E-state index in [1.807, 2.05) is 6.92 Å². The van der Waals surface area contributed by atoms with Crippen LogP contribution in [-0.4, -0.2) is 59.8 Å². The summed E-state index contributed by atoms with van der Waals surface area (Å²) in [4.78, 5) is 1.57. The van der Waals surface area contributed by atoms with Crippen LogP contribution in [0, 0.1) is 0 Å². The van der Waals surface area contributed by atoms with Crippen LogP contribution in [0.25, 0.3) is 0 Å². The second-order valence-corrected chi connectivity index (χ2v) is 4.91. The Balaban J connectivity index is 4.00. The van der Waals surface area contributed by atoms with Crippen molar-refractivity contribution in [3.05, 3.63) is 0 Å². The number of hydrogen-bond acceptors (Lipinski definition) is 5. The van der Waals surface area contributed by atoms with Gasteiger partial charge in [0.2, 0.25) is 0 Å². The molecule has 1 unspecified atom stereocenters. The summed E-state index contributed by atoms with van der Waals surface area (Å²) >= 11 is 0. The Labute approximate surface area is 90.3 Å². The Bertz CT molecular complexity index is 250. The van der Waals surface area contributed by atoms with Crippen molar-refractivity contribution < 1.29 is 23.2 Å². The van der Waals surface area contributed by atoms with E-state index in [1.165, 1.54) is 0 Å². The Morgan fingerprint density at radius 1 is 1.33 bits per heavy atom. The molecule has 0 spiro atoms. The van der Waals surface area contributed by atoms with Gasteiger partial charge in [-0.2, -0.15) is 8.42 Å². The molecule has 0 fully saturated rings. The minimum Gasteiger partial charge on any atom is -0.395 e. The van der Waals surface area contributed by atoms with Gasteiger partial charge in [-0.15, -0.1) is 0 Å². The number of hydrogen-bond donors (Lipinski definition) is 3. The highest BCUT2D eigenvalue weighted by atomic mass is 32.2. The molecule has 92 valence electrons. The van der Waals surface area contributed by atoms with Crippen molar-refractivity contribution in [3.63, 3.8) is 0 Å². The van der Waals surface area contributed by atoms with E-state index in [-0.39, 0.29) is 31.6 Å². The molecule has 0 aromatic carbocycles. The smallest absolute Gasteiger partial charge is 0.264 e. The lowest BCUT2D eigenvalue weighted by Crippen LogP contribution is -2.39. The molecule has 0 saturated carbocycles. The largest absolute Gasteiger partial charge is 0.395 e. The molecule has 0 aromatic rings. The minimum atomic E-state index is -3.94. The van der Waals surface area contributed by atoms with Crippen molar-refractivity contribution in [3.8, 4) is 0 Å². The third-order valence-corrected chi connectivity index (χ3v) is 3.03. The van der Waals surface area contributed by atoms with Crippen molar-refractivity contribution in [1.82, 2.24) is 4.90 Å². The van der Waals surface area contributed by atoms with E-state index in [1.54, 1.807) is 4.90 Å². The first-order chi connectivity index (χ1) is 6.94. The average Bonchev–Trinajstić information content (AvgIpc) is 2.15. The highest BCUT2D eigenvalue weighted by Crippen LogP contribution is 2.04. The standard InChI is InChI=1S/C8H19NO5S/c1-2-8(6-10)9(7-11)4-3-5-15(12,13)14/h8,10-11H,2-7H2,1H3,(H,12,13,14). The van der Waals surface area contributed by atoms with Crippen LogP contribution in [-0.2, 0) is 10.1 Å². The first-order valence-corrected chi connectivity index (χ1v) is 6.46. The van der Waals surface area contributed by atoms with Crippen molar-refractivity contribution in [2.24, 2.45) is 0 Å². The zero-order chi connectivity index (χ0) is 11.9. The summed E-state index contributed by atoms with van der Waals surface area (Å²) in [5.41, 5.74) is 0. The summed E-state index contributed by atoms with van der Waals surface area (Å²) in [7, 11) is -3.94. The lowest BCUT2D eigenvalue weighted by Gasteiger charge is -2.27. The molecule has 0 rings (SSSR count). The van der Waals surface area contributed by atoms with Gasteiger partial charge in [0.05, 0.1) is 19.1 Å². The summed E-state index contributed by atoms with van der Waals surface area (Å²) < 4.78 is 29.4. The normalized spacial score (nSPS) is 14.5. The Morgan fingerprint density at radius 2 is 1.93 bits per heavy atom. The van der Waals surface area contributed by atoms with E-state index < -0.39 is 10.1 Å². The van der Waals surface area contributed by atoms with E-state index in [0.29, 0.717) is 13.0 Å². The molecule has 3 N–H and O–H groups in total. The molecule has 6 nitrogen and oxygen atoms in total. The lowest BCUT2D eigenvalue weighted by molar-refractivity contribution is 0.0386. The highest BCUT2D eigenvalue weighted by molar-refractivity contribution is 7.85. The topological polar surface area (TPSA) is 98.1 Å². The van der Waals surface area contributed by atoms with Gasteiger partial charge in [0.1, 0.15) is 0 Å². The van der Waals surface area contributed by atoms with E-state index in [9.17, 15) is 8.42 Å². The van der Waals surface area contributed by atoms with Crippen LogP contribution in [0.2, 0.25) is 0 Å². The Morgan fingerprint density at radius 3 is 2.27 bits per heavy atom. The van der Waals surface area contributed by atoms with Crippen LogP contribution in [0.15, 0.2) is 0 Å². The SMILES string of the molecule is CCC(CO)N(CO)CCCS(=O)(=O)O. The molecule has 0 aromatic heterocycles. The fourth-order valence-corrected chi connectivity index (χ4v) is 1.82. The number of aliphatic hydroxyl groups is 2. The minimum absolute atomic E-state index is 0.0804. The highest BCUT2D eigenvalue weighted by Gasteiger charge is 2.15. The zero-order valence-corrected chi connectivity index (χ0v) is 9.65. The number of rotatable bonds is 8. The molecule has 0 amide bonds. The maximum Gasteiger partial charge on any atom is 0.264 e. The lowest BCUT2D eigenvalue weighted by atomic mass is 10.2. The summed E-state index contributed by atoms with van der Waals surface area (Å²) in [6.07, 6.45) is 0.902. The summed E-state index contributed by atoms with van der Waals surface area (Å²) in [6.45, 7) is 1.88. The van der Waals surface area contributed by atoms with Crippen LogP contribution in [0.3, 0.4) is 0 Å². The molecular formula is C8H19NO5S. The van der Waals surface area contributed by atoms with Crippen LogP contribution in [0.1, 0.15) is 19.8 Å². The van der Waals surface area contributed by atoms with Crippen LogP contribution < -0.4 is 0 Å². The summed E-state index contributed by atoms with van der Waals surface area (Å²) in [5.74, 6) is -0.328. The third kappa shape index (κ3) is 6.80. The zero-order valence-electron chi connectivity index (χ0n) is 8.83. The van der Waals surface area contributed by atoms with E-state index in [0.717, 1.165) is 0 Å². The molecule has 15 heavy (non-hydrogen) atoms. The van der Waals surface area contributed by atoms with Crippen LogP contribution in [0.4, 0.5) is 0 Å². The molecule has 0 aliphatic rings. The summed E-state index contributed by atoms with van der Waals surface area (Å²) in [5, 5.41) is 18.0. The van der Waals surface area contributed by atoms with Gasteiger partial charge in [-0.1, -0.05) is 6.92 Å². The van der Waals surface area contributed by atoms with Crippen molar-refractivity contribution in [2.75, 3.05) is 25.6 Å². The van der Waals surface area contributed by atoms with Crippen LogP contribution in [0.5, 0.6) is 0 Å². The first-order valence-electron chi connectivity index (χ1n) is 4.85. The predicted molar refractivity (Wildman–Crippen MR) is 56.0 cm³/mol. The Kier molecular flexibility index (Phi) is 7.03. The van der Waals surface area contributed by atoms with E-state index in [4.69, 9.17) is 14.8 Å². The molecule has 1 atom stereocenters. The van der Waals surface area contributed by atoms with E-state index >= 15 is 0 Å². The molecule has 0 aliphatic heterocycles. The van der Waals surface area contributed by atoms with Crippen LogP contribution >= 0.6 is 0 Å². The quantitative estimate of drug-likeness (QED) is 0.383. The van der Waals surface area contributed by atoms with Gasteiger partial charge in [0.15, 0.2) is 0 Å². The summed E-state index contributed by atoms with van der Waals surface area (Å²) in [6, 6.07) is -0.170. The predicted octanol–water partition coefficient (Wildman–Crippen LogP) is -0.713. The van der Waals surface area contributed by atoms with Gasteiger partial charge in [-0.25, -0.2) is 0 Å². The molecule has 0 bridgehead atoms. The number of aliphatic hydroxyl groups excluding tert-OH is 2. The third-order valence-electron chi connectivity index (χ3n) is 2.23. The molecule has 7 heteroatoms. The second kappa shape index (κ2) is 7.13. The van der Waals surface area contributed by atoms with Crippen molar-refractivity contribution in [1.29, 1.82) is 0 Å². The molecule has 0 heterocycles. The molecular weight excluding hydrogens is 222 g/mol. The van der Waals surface area contributed by atoms with Crippen molar-refractivity contribution >= 4 is 10.1 Å². The maximum absolute atomic E-state index is 10.4. The maximum atomic E-state index is 10.4. The fraction of sp³-hybridized carbons (Fsp3) is 1.00.